The van der Waals surface area contributed by atoms with Gasteiger partial charge >= 0.3 is 0 Å². The summed E-state index contributed by atoms with van der Waals surface area (Å²) in [5, 5.41) is 12.4. The fourth-order valence-corrected chi connectivity index (χ4v) is 3.63. The molecule has 1 aromatic heterocycles. The lowest BCUT2D eigenvalue weighted by Gasteiger charge is -2.02. The van der Waals surface area contributed by atoms with Crippen molar-refractivity contribution < 1.29 is 4.79 Å². The molecule has 24 heavy (non-hydrogen) atoms. The van der Waals surface area contributed by atoms with Crippen molar-refractivity contribution in [3.63, 3.8) is 0 Å². The molecule has 6 heteroatoms. The summed E-state index contributed by atoms with van der Waals surface area (Å²) in [4.78, 5) is 12.0. The molecule has 0 unspecified atom stereocenters. The number of hydrogen-bond donors (Lipinski definition) is 1. The van der Waals surface area contributed by atoms with E-state index in [2.05, 4.69) is 27.6 Å². The molecule has 3 aromatic rings. The largest absolute Gasteiger partial charge is 0.300 e. The highest BCUT2D eigenvalue weighted by molar-refractivity contribution is 7.99. The summed E-state index contributed by atoms with van der Waals surface area (Å²) in [6.45, 7) is 2.04. The van der Waals surface area contributed by atoms with E-state index in [1.54, 1.807) is 11.8 Å². The molecule has 3 rings (SSSR count). The maximum Gasteiger partial charge on any atom is 0.236 e. The minimum absolute atomic E-state index is 0.0532. The van der Waals surface area contributed by atoms with Gasteiger partial charge in [-0.2, -0.15) is 0 Å². The number of nitrogens with one attached hydrogen (secondary N) is 1. The number of carbonyl (C=O) groups is 1. The average Bonchev–Trinajstić information content (AvgIpc) is 3.05. The predicted octanol–water partition coefficient (Wildman–Crippen LogP) is 4.39. The van der Waals surface area contributed by atoms with Gasteiger partial charge in [-0.15, -0.1) is 22.0 Å². The zero-order chi connectivity index (χ0) is 16.8. The number of aromatic nitrogens is 2. The third kappa shape index (κ3) is 4.66. The number of nitrogens with zero attached hydrogens (tertiary/aromatic N) is 2. The Kier molecular flexibility index (Phi) is 5.61. The van der Waals surface area contributed by atoms with Gasteiger partial charge in [0.15, 0.2) is 0 Å². The summed E-state index contributed by atoms with van der Waals surface area (Å²) in [5.41, 5.74) is 3.43. The lowest BCUT2D eigenvalue weighted by molar-refractivity contribution is -0.113. The van der Waals surface area contributed by atoms with Crippen molar-refractivity contribution in [2.75, 3.05) is 11.1 Å². The van der Waals surface area contributed by atoms with E-state index in [-0.39, 0.29) is 5.91 Å². The Bertz CT molecular complexity index is 801. The van der Waals surface area contributed by atoms with E-state index < -0.39 is 0 Å². The van der Waals surface area contributed by atoms with E-state index in [9.17, 15) is 4.79 Å². The summed E-state index contributed by atoms with van der Waals surface area (Å²) >= 11 is 2.97. The Labute approximate surface area is 149 Å². The standard InChI is InChI=1S/C18H17N3OS2/c1-13-7-9-15(10-8-13)17-20-21-18(24-17)19-16(22)12-23-11-14-5-3-2-4-6-14/h2-10H,11-12H2,1H3,(H,19,21,22). The van der Waals surface area contributed by atoms with Gasteiger partial charge in [-0.05, 0) is 12.5 Å². The van der Waals surface area contributed by atoms with Crippen molar-refractivity contribution in [2.45, 2.75) is 12.7 Å². The van der Waals surface area contributed by atoms with Crippen LogP contribution in [0.1, 0.15) is 11.1 Å². The Balaban J connectivity index is 1.51. The molecule has 122 valence electrons. The Morgan fingerprint density at radius 1 is 1.08 bits per heavy atom. The van der Waals surface area contributed by atoms with Gasteiger partial charge in [0.25, 0.3) is 0 Å². The molecule has 0 fully saturated rings. The van der Waals surface area contributed by atoms with Gasteiger partial charge in [0.2, 0.25) is 11.0 Å². The predicted molar refractivity (Wildman–Crippen MR) is 101 cm³/mol. The first-order valence-electron chi connectivity index (χ1n) is 7.53. The molecule has 0 saturated carbocycles. The van der Waals surface area contributed by atoms with Crippen molar-refractivity contribution in [2.24, 2.45) is 0 Å². The maximum atomic E-state index is 12.0. The molecule has 1 amide bonds. The summed E-state index contributed by atoms with van der Waals surface area (Å²) in [6, 6.07) is 18.2. The molecule has 2 aromatic carbocycles. The molecule has 0 spiro atoms. The molecule has 1 heterocycles. The van der Waals surface area contributed by atoms with Crippen LogP contribution < -0.4 is 5.32 Å². The van der Waals surface area contributed by atoms with E-state index >= 15 is 0 Å². The number of thioether (sulfide) groups is 1. The minimum atomic E-state index is -0.0532. The van der Waals surface area contributed by atoms with Crippen LogP contribution in [-0.4, -0.2) is 21.9 Å². The molecule has 1 N–H and O–H groups in total. The second kappa shape index (κ2) is 8.08. The first-order chi connectivity index (χ1) is 11.7. The van der Waals surface area contributed by atoms with Crippen molar-refractivity contribution in [3.05, 3.63) is 65.7 Å². The highest BCUT2D eigenvalue weighted by Gasteiger charge is 2.09. The molecule has 0 radical (unpaired) electrons. The zero-order valence-electron chi connectivity index (χ0n) is 13.2. The fourth-order valence-electron chi connectivity index (χ4n) is 2.08. The van der Waals surface area contributed by atoms with Crippen molar-refractivity contribution in [1.82, 2.24) is 10.2 Å². The molecule has 4 nitrogen and oxygen atoms in total. The summed E-state index contributed by atoms with van der Waals surface area (Å²) in [7, 11) is 0. The van der Waals surface area contributed by atoms with Gasteiger partial charge in [-0.1, -0.05) is 71.5 Å². The number of rotatable bonds is 6. The number of hydrogen-bond acceptors (Lipinski definition) is 5. The third-order valence-electron chi connectivity index (χ3n) is 3.31. The van der Waals surface area contributed by atoms with Crippen LogP contribution in [0.2, 0.25) is 0 Å². The number of amides is 1. The molecular formula is C18H17N3OS2. The second-order valence-electron chi connectivity index (χ2n) is 5.30. The van der Waals surface area contributed by atoms with Gasteiger partial charge in [-0.25, -0.2) is 0 Å². The van der Waals surface area contributed by atoms with Crippen LogP contribution in [0.25, 0.3) is 10.6 Å². The first kappa shape index (κ1) is 16.7. The highest BCUT2D eigenvalue weighted by atomic mass is 32.2. The smallest absolute Gasteiger partial charge is 0.236 e. The molecule has 0 bridgehead atoms. The van der Waals surface area contributed by atoms with Gasteiger partial charge in [0, 0.05) is 11.3 Å². The number of aryl methyl sites for hydroxylation is 1. The minimum Gasteiger partial charge on any atom is -0.300 e. The molecule has 0 aliphatic rings. The summed E-state index contributed by atoms with van der Waals surface area (Å²) in [5.74, 6) is 1.16. The Hall–Kier alpha value is -2.18. The highest BCUT2D eigenvalue weighted by Crippen LogP contribution is 2.26. The van der Waals surface area contributed by atoms with Gasteiger partial charge < -0.3 is 0 Å². The van der Waals surface area contributed by atoms with E-state index in [4.69, 9.17) is 0 Å². The lowest BCUT2D eigenvalue weighted by atomic mass is 10.2. The lowest BCUT2D eigenvalue weighted by Crippen LogP contribution is -2.13. The van der Waals surface area contributed by atoms with Gasteiger partial charge in [0.1, 0.15) is 5.01 Å². The molecule has 0 aliphatic heterocycles. The Morgan fingerprint density at radius 2 is 1.83 bits per heavy atom. The first-order valence-corrected chi connectivity index (χ1v) is 9.50. The number of carbonyl (C=O) groups excluding carboxylic acids is 1. The number of benzene rings is 2. The third-order valence-corrected chi connectivity index (χ3v) is 5.21. The van der Waals surface area contributed by atoms with E-state index in [0.717, 1.165) is 16.3 Å². The van der Waals surface area contributed by atoms with Crippen LogP contribution in [0.15, 0.2) is 54.6 Å². The van der Waals surface area contributed by atoms with Crippen LogP contribution in [0, 0.1) is 6.92 Å². The van der Waals surface area contributed by atoms with Crippen LogP contribution in [-0.2, 0) is 10.5 Å². The summed E-state index contributed by atoms with van der Waals surface area (Å²) in [6.07, 6.45) is 0. The Morgan fingerprint density at radius 3 is 2.58 bits per heavy atom. The van der Waals surface area contributed by atoms with Crippen LogP contribution >= 0.6 is 23.1 Å². The second-order valence-corrected chi connectivity index (χ2v) is 7.27. The van der Waals surface area contributed by atoms with Gasteiger partial charge in [0.05, 0.1) is 5.75 Å². The monoisotopic (exact) mass is 355 g/mol. The molecule has 0 atom stereocenters. The topological polar surface area (TPSA) is 54.9 Å². The van der Waals surface area contributed by atoms with E-state index in [0.29, 0.717) is 10.9 Å². The van der Waals surface area contributed by atoms with Crippen molar-refractivity contribution >= 4 is 34.1 Å². The van der Waals surface area contributed by atoms with Crippen LogP contribution in [0.4, 0.5) is 5.13 Å². The van der Waals surface area contributed by atoms with E-state index in [1.165, 1.54) is 22.5 Å². The van der Waals surface area contributed by atoms with E-state index in [1.807, 2.05) is 49.4 Å². The number of anilines is 1. The van der Waals surface area contributed by atoms with Crippen LogP contribution in [0.3, 0.4) is 0 Å². The molecule has 0 aliphatic carbocycles. The molecular weight excluding hydrogens is 338 g/mol. The quantitative estimate of drug-likeness (QED) is 0.713. The maximum absolute atomic E-state index is 12.0. The SMILES string of the molecule is Cc1ccc(-c2nnc(NC(=O)CSCc3ccccc3)s2)cc1. The fraction of sp³-hybridized carbons (Fsp3) is 0.167. The van der Waals surface area contributed by atoms with Gasteiger partial charge in [-0.3, -0.25) is 10.1 Å². The van der Waals surface area contributed by atoms with Crippen molar-refractivity contribution in [3.8, 4) is 10.6 Å². The normalized spacial score (nSPS) is 10.5. The summed E-state index contributed by atoms with van der Waals surface area (Å²) < 4.78 is 0. The zero-order valence-corrected chi connectivity index (χ0v) is 14.9. The average molecular weight is 355 g/mol. The molecule has 0 saturated heterocycles. The van der Waals surface area contributed by atoms with Crippen molar-refractivity contribution in [1.29, 1.82) is 0 Å². The van der Waals surface area contributed by atoms with Crippen LogP contribution in [0.5, 0.6) is 0 Å².